The fourth-order valence-corrected chi connectivity index (χ4v) is 2.18. The van der Waals surface area contributed by atoms with Crippen LogP contribution in [0.3, 0.4) is 0 Å². The van der Waals surface area contributed by atoms with Gasteiger partial charge >= 0.3 is 0 Å². The zero-order chi connectivity index (χ0) is 10.4. The lowest BCUT2D eigenvalue weighted by Crippen LogP contribution is -2.24. The summed E-state index contributed by atoms with van der Waals surface area (Å²) in [4.78, 5) is 4.30. The summed E-state index contributed by atoms with van der Waals surface area (Å²) in [5.74, 6) is 0.766. The minimum absolute atomic E-state index is 0.398. The number of nitrogens with one attached hydrogen (secondary N) is 1. The maximum Gasteiger partial charge on any atom is 0.109 e. The maximum absolute atomic E-state index is 4.30. The average molecular weight is 212 g/mol. The number of thiazole rings is 1. The quantitative estimate of drug-likeness (QED) is 0.783. The van der Waals surface area contributed by atoms with E-state index in [0.717, 1.165) is 12.5 Å². The molecule has 1 aromatic heterocycles. The zero-order valence-corrected chi connectivity index (χ0v) is 10.1. The Morgan fingerprint density at radius 1 is 1.50 bits per heavy atom. The largest absolute Gasteiger partial charge is 0.308 e. The monoisotopic (exact) mass is 212 g/mol. The van der Waals surface area contributed by atoms with Gasteiger partial charge in [0, 0.05) is 11.6 Å². The van der Waals surface area contributed by atoms with E-state index in [1.807, 2.05) is 11.6 Å². The van der Waals surface area contributed by atoms with Crippen molar-refractivity contribution in [2.75, 3.05) is 6.54 Å². The molecule has 0 saturated heterocycles. The number of aromatic nitrogens is 1. The molecule has 1 aromatic rings. The molecular formula is C11H20N2S. The molecule has 0 radical (unpaired) electrons. The Kier molecular flexibility index (Phi) is 5.12. The first kappa shape index (κ1) is 11.7. The highest BCUT2D eigenvalue weighted by molar-refractivity contribution is 7.09. The van der Waals surface area contributed by atoms with Gasteiger partial charge < -0.3 is 5.32 Å². The molecule has 2 nitrogen and oxygen atoms in total. The third kappa shape index (κ3) is 3.76. The molecule has 0 saturated carbocycles. The summed E-state index contributed by atoms with van der Waals surface area (Å²) in [6, 6.07) is 0.398. The molecule has 1 heterocycles. The van der Waals surface area contributed by atoms with Crippen LogP contribution in [0, 0.1) is 5.92 Å². The fraction of sp³-hybridized carbons (Fsp3) is 0.727. The Balaban J connectivity index is 2.24. The summed E-state index contributed by atoms with van der Waals surface area (Å²) in [7, 11) is 0. The van der Waals surface area contributed by atoms with Crippen LogP contribution in [0.2, 0.25) is 0 Å². The second-order valence-corrected chi connectivity index (χ2v) is 4.82. The second kappa shape index (κ2) is 6.14. The van der Waals surface area contributed by atoms with E-state index in [9.17, 15) is 0 Å². The fourth-order valence-electron chi connectivity index (χ4n) is 1.51. The van der Waals surface area contributed by atoms with Crippen LogP contribution in [0.25, 0.3) is 0 Å². The smallest absolute Gasteiger partial charge is 0.109 e. The Labute approximate surface area is 90.8 Å². The van der Waals surface area contributed by atoms with Gasteiger partial charge in [0.05, 0.1) is 6.04 Å². The van der Waals surface area contributed by atoms with Crippen LogP contribution in [0.4, 0.5) is 0 Å². The highest BCUT2D eigenvalue weighted by atomic mass is 32.1. The van der Waals surface area contributed by atoms with E-state index in [-0.39, 0.29) is 0 Å². The van der Waals surface area contributed by atoms with Crippen LogP contribution in [0.15, 0.2) is 11.6 Å². The SMILES string of the molecule is CCCC(C)CNC(C)c1nccs1. The van der Waals surface area contributed by atoms with Crippen molar-refractivity contribution in [1.82, 2.24) is 10.3 Å². The van der Waals surface area contributed by atoms with E-state index in [4.69, 9.17) is 0 Å². The van der Waals surface area contributed by atoms with Crippen LogP contribution in [-0.4, -0.2) is 11.5 Å². The summed E-state index contributed by atoms with van der Waals surface area (Å²) in [5, 5.41) is 6.74. The van der Waals surface area contributed by atoms with Crippen molar-refractivity contribution in [3.63, 3.8) is 0 Å². The molecule has 1 rings (SSSR count). The predicted octanol–water partition coefficient (Wildman–Crippen LogP) is 3.23. The molecule has 0 aliphatic heterocycles. The van der Waals surface area contributed by atoms with E-state index in [2.05, 4.69) is 31.1 Å². The van der Waals surface area contributed by atoms with Gasteiger partial charge in [-0.15, -0.1) is 11.3 Å². The van der Waals surface area contributed by atoms with Crippen LogP contribution in [0.1, 0.15) is 44.7 Å². The molecule has 0 spiro atoms. The Morgan fingerprint density at radius 2 is 2.29 bits per heavy atom. The molecule has 0 aliphatic rings. The van der Waals surface area contributed by atoms with Gasteiger partial charge in [0.2, 0.25) is 0 Å². The lowest BCUT2D eigenvalue weighted by atomic mass is 10.1. The van der Waals surface area contributed by atoms with E-state index < -0.39 is 0 Å². The van der Waals surface area contributed by atoms with Gasteiger partial charge in [0.15, 0.2) is 0 Å². The molecule has 0 bridgehead atoms. The van der Waals surface area contributed by atoms with Gasteiger partial charge in [-0.3, -0.25) is 0 Å². The molecule has 0 fully saturated rings. The molecule has 0 aliphatic carbocycles. The minimum Gasteiger partial charge on any atom is -0.308 e. The number of rotatable bonds is 6. The minimum atomic E-state index is 0.398. The van der Waals surface area contributed by atoms with Crippen molar-refractivity contribution in [2.24, 2.45) is 5.92 Å². The van der Waals surface area contributed by atoms with Gasteiger partial charge in [0.1, 0.15) is 5.01 Å². The van der Waals surface area contributed by atoms with Gasteiger partial charge in [-0.25, -0.2) is 4.98 Å². The zero-order valence-electron chi connectivity index (χ0n) is 9.29. The van der Waals surface area contributed by atoms with Crippen molar-refractivity contribution in [3.8, 4) is 0 Å². The Hall–Kier alpha value is -0.410. The lowest BCUT2D eigenvalue weighted by Gasteiger charge is -2.15. The van der Waals surface area contributed by atoms with Crippen LogP contribution in [0.5, 0.6) is 0 Å². The molecule has 2 atom stereocenters. The standard InChI is InChI=1S/C11H20N2S/c1-4-5-9(2)8-13-10(3)11-12-6-7-14-11/h6-7,9-10,13H,4-5,8H2,1-3H3. The number of nitrogens with zero attached hydrogens (tertiary/aromatic N) is 1. The molecule has 1 N–H and O–H groups in total. The molecule has 3 heteroatoms. The first-order valence-corrected chi connectivity index (χ1v) is 6.24. The van der Waals surface area contributed by atoms with Crippen molar-refractivity contribution < 1.29 is 0 Å². The van der Waals surface area contributed by atoms with Crippen molar-refractivity contribution in [2.45, 2.75) is 39.7 Å². The normalized spacial score (nSPS) is 15.4. The molecule has 0 aromatic carbocycles. The van der Waals surface area contributed by atoms with Gasteiger partial charge in [0.25, 0.3) is 0 Å². The molecule has 0 amide bonds. The van der Waals surface area contributed by atoms with Gasteiger partial charge in [-0.05, 0) is 25.8 Å². The Bertz CT molecular complexity index is 233. The average Bonchev–Trinajstić information content (AvgIpc) is 2.67. The topological polar surface area (TPSA) is 24.9 Å². The summed E-state index contributed by atoms with van der Waals surface area (Å²) in [6.45, 7) is 7.80. The van der Waals surface area contributed by atoms with E-state index >= 15 is 0 Å². The van der Waals surface area contributed by atoms with Crippen molar-refractivity contribution in [1.29, 1.82) is 0 Å². The Morgan fingerprint density at radius 3 is 2.86 bits per heavy atom. The first-order valence-electron chi connectivity index (χ1n) is 5.36. The van der Waals surface area contributed by atoms with E-state index in [0.29, 0.717) is 6.04 Å². The summed E-state index contributed by atoms with van der Waals surface area (Å²) in [6.07, 6.45) is 4.44. The van der Waals surface area contributed by atoms with Crippen LogP contribution < -0.4 is 5.32 Å². The van der Waals surface area contributed by atoms with Gasteiger partial charge in [-0.1, -0.05) is 20.3 Å². The number of hydrogen-bond acceptors (Lipinski definition) is 3. The molecule has 80 valence electrons. The summed E-state index contributed by atoms with van der Waals surface area (Å²) >= 11 is 1.72. The van der Waals surface area contributed by atoms with Crippen molar-refractivity contribution >= 4 is 11.3 Å². The van der Waals surface area contributed by atoms with E-state index in [1.54, 1.807) is 11.3 Å². The summed E-state index contributed by atoms with van der Waals surface area (Å²) < 4.78 is 0. The molecule has 14 heavy (non-hydrogen) atoms. The number of hydrogen-bond donors (Lipinski definition) is 1. The third-order valence-electron chi connectivity index (χ3n) is 2.38. The van der Waals surface area contributed by atoms with Gasteiger partial charge in [-0.2, -0.15) is 0 Å². The molecular weight excluding hydrogens is 192 g/mol. The molecule has 2 unspecified atom stereocenters. The third-order valence-corrected chi connectivity index (χ3v) is 3.33. The first-order chi connectivity index (χ1) is 6.74. The maximum atomic E-state index is 4.30. The lowest BCUT2D eigenvalue weighted by molar-refractivity contribution is 0.443. The van der Waals surface area contributed by atoms with Crippen LogP contribution in [-0.2, 0) is 0 Å². The van der Waals surface area contributed by atoms with E-state index in [1.165, 1.54) is 17.8 Å². The predicted molar refractivity (Wildman–Crippen MR) is 62.6 cm³/mol. The summed E-state index contributed by atoms with van der Waals surface area (Å²) in [5.41, 5.74) is 0. The highest BCUT2D eigenvalue weighted by Gasteiger charge is 2.08. The highest BCUT2D eigenvalue weighted by Crippen LogP contribution is 2.15. The van der Waals surface area contributed by atoms with Crippen LogP contribution >= 0.6 is 11.3 Å². The van der Waals surface area contributed by atoms with Crippen molar-refractivity contribution in [3.05, 3.63) is 16.6 Å². The second-order valence-electron chi connectivity index (χ2n) is 3.89.